The molecule has 2 amide bonds. The number of nitrogens with zero attached hydrogens (tertiary/aromatic N) is 3. The molecule has 11 heteroatoms. The largest absolute Gasteiger partial charge is 0.480 e. The van der Waals surface area contributed by atoms with E-state index in [-0.39, 0.29) is 18.3 Å². The highest BCUT2D eigenvalue weighted by Gasteiger charge is 2.37. The summed E-state index contributed by atoms with van der Waals surface area (Å²) in [7, 11) is 1.38. The van der Waals surface area contributed by atoms with Crippen molar-refractivity contribution in [3.8, 4) is 5.88 Å². The number of ether oxygens (including phenoxy) is 1. The summed E-state index contributed by atoms with van der Waals surface area (Å²) in [5, 5.41) is 7.45. The molecule has 2 aromatic rings. The zero-order valence-electron chi connectivity index (χ0n) is 11.1. The van der Waals surface area contributed by atoms with Gasteiger partial charge in [-0.05, 0) is 12.1 Å². The van der Waals surface area contributed by atoms with E-state index < -0.39 is 18.0 Å². The van der Waals surface area contributed by atoms with E-state index in [1.165, 1.54) is 13.3 Å². The van der Waals surface area contributed by atoms with Gasteiger partial charge in [-0.15, -0.1) is 0 Å². The molecular weight excluding hydrogens is 307 g/mol. The summed E-state index contributed by atoms with van der Waals surface area (Å²) in [6, 6.07) is 2.42. The van der Waals surface area contributed by atoms with E-state index in [9.17, 15) is 18.0 Å². The lowest BCUT2D eigenvalue weighted by Gasteiger charge is -2.08. The molecule has 0 radical (unpaired) electrons. The maximum Gasteiger partial charge on any atom is 0.455 e. The molecule has 8 nitrogen and oxygen atoms in total. The van der Waals surface area contributed by atoms with Gasteiger partial charge < -0.3 is 19.9 Å². The van der Waals surface area contributed by atoms with Crippen LogP contribution in [-0.4, -0.2) is 28.3 Å². The van der Waals surface area contributed by atoms with Crippen LogP contribution in [0, 0.1) is 0 Å². The zero-order valence-corrected chi connectivity index (χ0v) is 11.1. The van der Waals surface area contributed by atoms with E-state index >= 15 is 0 Å². The molecule has 0 saturated heterocycles. The molecule has 2 N–H and O–H groups in total. The fourth-order valence-electron chi connectivity index (χ4n) is 1.41. The molecule has 2 heterocycles. The van der Waals surface area contributed by atoms with E-state index in [0.29, 0.717) is 5.69 Å². The van der Waals surface area contributed by atoms with Crippen molar-refractivity contribution >= 4 is 11.7 Å². The number of aromatic nitrogens is 3. The predicted molar refractivity (Wildman–Crippen MR) is 65.9 cm³/mol. The predicted octanol–water partition coefficient (Wildman–Crippen LogP) is 1.81. The number of methoxy groups -OCH3 is 1. The summed E-state index contributed by atoms with van der Waals surface area (Å²) in [5.41, 5.74) is 0.295. The highest BCUT2D eigenvalue weighted by Crippen LogP contribution is 2.26. The quantitative estimate of drug-likeness (QED) is 0.891. The number of carbonyl (C=O) groups excluding carboxylic acids is 1. The molecule has 0 saturated carbocycles. The molecule has 0 atom stereocenters. The van der Waals surface area contributed by atoms with Gasteiger partial charge in [-0.25, -0.2) is 9.78 Å². The number of hydrogen-bond acceptors (Lipinski definition) is 6. The van der Waals surface area contributed by atoms with Gasteiger partial charge >= 0.3 is 12.2 Å². The topological polar surface area (TPSA) is 102 Å². The van der Waals surface area contributed by atoms with Gasteiger partial charge in [0.15, 0.2) is 0 Å². The number of amides is 2. The minimum absolute atomic E-state index is 0.190. The average Bonchev–Trinajstić information content (AvgIpc) is 2.95. The van der Waals surface area contributed by atoms with E-state index in [0.717, 1.165) is 0 Å². The fourth-order valence-corrected chi connectivity index (χ4v) is 1.41. The van der Waals surface area contributed by atoms with Crippen molar-refractivity contribution in [1.82, 2.24) is 20.4 Å². The summed E-state index contributed by atoms with van der Waals surface area (Å²) in [4.78, 5) is 18.6. The number of anilines is 1. The lowest BCUT2D eigenvalue weighted by molar-refractivity contribution is -0.146. The Morgan fingerprint density at radius 1 is 1.45 bits per heavy atom. The lowest BCUT2D eigenvalue weighted by Crippen LogP contribution is -2.28. The Balaban J connectivity index is 1.92. The van der Waals surface area contributed by atoms with Gasteiger partial charge in [-0.2, -0.15) is 18.2 Å². The van der Waals surface area contributed by atoms with Crippen molar-refractivity contribution in [2.24, 2.45) is 0 Å². The van der Waals surface area contributed by atoms with E-state index in [1.807, 2.05) is 0 Å². The van der Waals surface area contributed by atoms with Crippen LogP contribution in [0.1, 0.15) is 11.7 Å². The number of alkyl halides is 3. The number of rotatable bonds is 4. The maximum absolute atomic E-state index is 12.3. The van der Waals surface area contributed by atoms with Crippen LogP contribution < -0.4 is 15.4 Å². The molecule has 22 heavy (non-hydrogen) atoms. The summed E-state index contributed by atoms with van der Waals surface area (Å²) in [6.07, 6.45) is -3.23. The molecule has 0 unspecified atom stereocenters. The third kappa shape index (κ3) is 3.84. The first-order valence-corrected chi connectivity index (χ1v) is 5.84. The second kappa shape index (κ2) is 6.28. The third-order valence-corrected chi connectivity index (χ3v) is 2.33. The zero-order chi connectivity index (χ0) is 16.2. The molecule has 118 valence electrons. The van der Waals surface area contributed by atoms with Crippen LogP contribution in [-0.2, 0) is 12.7 Å². The molecule has 0 aromatic carbocycles. The SMILES string of the molecule is COc1ncccc1NC(=O)NCc1nc(C(F)(F)F)no1. The first-order chi connectivity index (χ1) is 10.4. The molecule has 0 aliphatic carbocycles. The Bertz CT molecular complexity index is 658. The van der Waals surface area contributed by atoms with Gasteiger partial charge in [0.2, 0.25) is 11.8 Å². The Morgan fingerprint density at radius 2 is 2.23 bits per heavy atom. The van der Waals surface area contributed by atoms with Gasteiger partial charge in [0.1, 0.15) is 5.69 Å². The van der Waals surface area contributed by atoms with Crippen LogP contribution in [0.4, 0.5) is 23.7 Å². The summed E-state index contributed by atoms with van der Waals surface area (Å²) < 4.78 is 46.1. The van der Waals surface area contributed by atoms with E-state index in [4.69, 9.17) is 4.74 Å². The number of pyridine rings is 1. The van der Waals surface area contributed by atoms with Crippen molar-refractivity contribution in [3.05, 3.63) is 30.0 Å². The number of urea groups is 1. The van der Waals surface area contributed by atoms with Crippen LogP contribution >= 0.6 is 0 Å². The Labute approximate surface area is 121 Å². The maximum atomic E-state index is 12.3. The molecule has 0 fully saturated rings. The second-order valence-corrected chi connectivity index (χ2v) is 3.88. The highest BCUT2D eigenvalue weighted by molar-refractivity contribution is 5.90. The molecule has 2 rings (SSSR count). The smallest absolute Gasteiger partial charge is 0.455 e. The normalized spacial score (nSPS) is 11.1. The first kappa shape index (κ1) is 15.5. The van der Waals surface area contributed by atoms with Crippen LogP contribution in [0.25, 0.3) is 0 Å². The Hall–Kier alpha value is -2.85. The summed E-state index contributed by atoms with van der Waals surface area (Å²) >= 11 is 0. The Morgan fingerprint density at radius 3 is 2.86 bits per heavy atom. The van der Waals surface area contributed by atoms with Gasteiger partial charge in [0, 0.05) is 6.20 Å². The van der Waals surface area contributed by atoms with Gasteiger partial charge in [-0.3, -0.25) is 0 Å². The van der Waals surface area contributed by atoms with Crippen LogP contribution in [0.5, 0.6) is 5.88 Å². The lowest BCUT2D eigenvalue weighted by atomic mass is 10.4. The number of carbonyl (C=O) groups is 1. The minimum Gasteiger partial charge on any atom is -0.480 e. The van der Waals surface area contributed by atoms with Gasteiger partial charge in [0.25, 0.3) is 5.82 Å². The van der Waals surface area contributed by atoms with Crippen molar-refractivity contribution in [1.29, 1.82) is 0 Å². The van der Waals surface area contributed by atoms with Crippen molar-refractivity contribution in [2.45, 2.75) is 12.7 Å². The molecule has 0 aliphatic rings. The fraction of sp³-hybridized carbons (Fsp3) is 0.273. The van der Waals surface area contributed by atoms with Crippen LogP contribution in [0.15, 0.2) is 22.9 Å². The monoisotopic (exact) mass is 317 g/mol. The summed E-state index contributed by atoms with van der Waals surface area (Å²) in [6.45, 7) is -0.364. The van der Waals surface area contributed by atoms with Gasteiger partial charge in [0.05, 0.1) is 13.7 Å². The van der Waals surface area contributed by atoms with Crippen LogP contribution in [0.2, 0.25) is 0 Å². The molecular formula is C11H10F3N5O3. The first-order valence-electron chi connectivity index (χ1n) is 5.84. The van der Waals surface area contributed by atoms with Crippen molar-refractivity contribution in [2.75, 3.05) is 12.4 Å². The molecule has 2 aromatic heterocycles. The van der Waals surface area contributed by atoms with E-state index in [1.54, 1.807) is 12.1 Å². The number of halogens is 3. The minimum atomic E-state index is -4.70. The number of nitrogens with one attached hydrogen (secondary N) is 2. The van der Waals surface area contributed by atoms with Crippen molar-refractivity contribution < 1.29 is 27.2 Å². The van der Waals surface area contributed by atoms with Crippen LogP contribution in [0.3, 0.4) is 0 Å². The van der Waals surface area contributed by atoms with Crippen molar-refractivity contribution in [3.63, 3.8) is 0 Å². The molecule has 0 bridgehead atoms. The molecule has 0 aliphatic heterocycles. The van der Waals surface area contributed by atoms with E-state index in [2.05, 4.69) is 30.3 Å². The average molecular weight is 317 g/mol. The third-order valence-electron chi connectivity index (χ3n) is 2.33. The second-order valence-electron chi connectivity index (χ2n) is 3.88. The standard InChI is InChI=1S/C11H10F3N5O3/c1-21-8-6(3-2-4-15-8)17-10(20)16-5-7-18-9(19-22-7)11(12,13)14/h2-4H,5H2,1H3,(H2,16,17,20). The summed E-state index contributed by atoms with van der Waals surface area (Å²) in [5.74, 6) is -1.59. The Kier molecular flexibility index (Phi) is 4.44. The highest BCUT2D eigenvalue weighted by atomic mass is 19.4. The number of hydrogen-bond donors (Lipinski definition) is 2. The van der Waals surface area contributed by atoms with Gasteiger partial charge in [-0.1, -0.05) is 5.16 Å². The molecule has 0 spiro atoms.